The molecule has 0 bridgehead atoms. The number of halogens is 1. The molecule has 1 aliphatic carbocycles. The molecule has 1 aliphatic heterocycles. The second kappa shape index (κ2) is 6.03. The molecule has 5 rings (SSSR count). The lowest BCUT2D eigenvalue weighted by Crippen LogP contribution is -2.39. The second-order valence-corrected chi connectivity index (χ2v) is 7.66. The van der Waals surface area contributed by atoms with Gasteiger partial charge in [0.25, 0.3) is 0 Å². The molecule has 1 heterocycles. The first-order valence-corrected chi connectivity index (χ1v) is 9.58. The molecule has 0 unspecified atom stereocenters. The summed E-state index contributed by atoms with van der Waals surface area (Å²) < 4.78 is 0. The highest BCUT2D eigenvalue weighted by atomic mass is 35.5. The number of aryl methyl sites for hydroxylation is 1. The van der Waals surface area contributed by atoms with E-state index < -0.39 is 0 Å². The Kier molecular flexibility index (Phi) is 3.65. The molecule has 0 amide bonds. The molecule has 1 N–H and O–H groups in total. The van der Waals surface area contributed by atoms with Gasteiger partial charge >= 0.3 is 0 Å². The fourth-order valence-electron chi connectivity index (χ4n) is 4.45. The third-order valence-electron chi connectivity index (χ3n) is 5.62. The van der Waals surface area contributed by atoms with Gasteiger partial charge in [0.2, 0.25) is 0 Å². The summed E-state index contributed by atoms with van der Waals surface area (Å²) in [6.45, 7) is 0. The number of benzene rings is 3. The lowest BCUT2D eigenvalue weighted by Gasteiger charge is -2.42. The monoisotopic (exact) mass is 357 g/mol. The zero-order chi connectivity index (χ0) is 17.6. The van der Waals surface area contributed by atoms with Gasteiger partial charge in [-0.25, -0.2) is 0 Å². The summed E-state index contributed by atoms with van der Waals surface area (Å²) in [6.07, 6.45) is 5.87. The molecule has 1 atom stereocenters. The van der Waals surface area contributed by atoms with E-state index in [1.54, 1.807) is 0 Å². The molecule has 26 heavy (non-hydrogen) atoms. The highest BCUT2D eigenvalue weighted by molar-refractivity contribution is 6.31. The van der Waals surface area contributed by atoms with E-state index in [4.69, 9.17) is 11.6 Å². The third kappa shape index (κ3) is 2.47. The topological polar surface area (TPSA) is 12.0 Å². The van der Waals surface area contributed by atoms with E-state index in [0.717, 1.165) is 23.6 Å². The highest BCUT2D eigenvalue weighted by Gasteiger charge is 2.38. The minimum atomic E-state index is -0.152. The maximum absolute atomic E-state index is 6.33. The molecule has 0 fully saturated rings. The molecule has 1 spiro atoms. The third-order valence-corrected chi connectivity index (χ3v) is 5.86. The molecule has 0 saturated carbocycles. The van der Waals surface area contributed by atoms with E-state index in [2.05, 4.69) is 78.1 Å². The van der Waals surface area contributed by atoms with Gasteiger partial charge in [-0.3, -0.25) is 0 Å². The average Bonchev–Trinajstić information content (AvgIpc) is 2.69. The Hall–Kier alpha value is -2.51. The maximum Gasteiger partial charge on any atom is 0.0821 e. The molecule has 3 aromatic rings. The smallest absolute Gasteiger partial charge is 0.0821 e. The summed E-state index contributed by atoms with van der Waals surface area (Å²) in [6, 6.07) is 25.7. The van der Waals surface area contributed by atoms with Crippen LogP contribution in [-0.4, -0.2) is 0 Å². The van der Waals surface area contributed by atoms with Crippen LogP contribution < -0.4 is 5.32 Å². The lowest BCUT2D eigenvalue weighted by atomic mass is 9.72. The van der Waals surface area contributed by atoms with Gasteiger partial charge in [0.1, 0.15) is 0 Å². The SMILES string of the molecule is Clc1ccc2c(c1)C(c1ccccc1)=C[C@]1(CCCc3ccccc31)N2. The van der Waals surface area contributed by atoms with Gasteiger partial charge < -0.3 is 5.32 Å². The predicted molar refractivity (Wildman–Crippen MR) is 110 cm³/mol. The number of hydrogen-bond acceptors (Lipinski definition) is 1. The molecule has 2 aliphatic rings. The number of anilines is 1. The first-order chi connectivity index (χ1) is 12.8. The molecule has 3 aromatic carbocycles. The Balaban J connectivity index is 1.77. The molecule has 128 valence electrons. The van der Waals surface area contributed by atoms with Crippen LogP contribution in [0.2, 0.25) is 5.02 Å². The van der Waals surface area contributed by atoms with Crippen LogP contribution in [0.5, 0.6) is 0 Å². The normalized spacial score (nSPS) is 20.7. The van der Waals surface area contributed by atoms with E-state index in [1.807, 2.05) is 6.07 Å². The summed E-state index contributed by atoms with van der Waals surface area (Å²) in [5.74, 6) is 0. The van der Waals surface area contributed by atoms with Gasteiger partial charge in [-0.2, -0.15) is 0 Å². The van der Waals surface area contributed by atoms with E-state index in [-0.39, 0.29) is 5.54 Å². The molecule has 1 nitrogen and oxygen atoms in total. The zero-order valence-electron chi connectivity index (χ0n) is 14.5. The van der Waals surface area contributed by atoms with Crippen LogP contribution in [-0.2, 0) is 12.0 Å². The maximum atomic E-state index is 6.33. The number of rotatable bonds is 1. The fourth-order valence-corrected chi connectivity index (χ4v) is 4.62. The number of nitrogens with one attached hydrogen (secondary N) is 1. The Bertz CT molecular complexity index is 1010. The van der Waals surface area contributed by atoms with Crippen LogP contribution >= 0.6 is 11.6 Å². The lowest BCUT2D eigenvalue weighted by molar-refractivity contribution is 0.492. The highest BCUT2D eigenvalue weighted by Crippen LogP contribution is 2.47. The van der Waals surface area contributed by atoms with E-state index in [1.165, 1.54) is 34.2 Å². The van der Waals surface area contributed by atoms with Gasteiger partial charge in [-0.1, -0.05) is 66.2 Å². The minimum Gasteiger partial charge on any atom is -0.372 e. The van der Waals surface area contributed by atoms with Crippen LogP contribution in [0, 0.1) is 0 Å². The van der Waals surface area contributed by atoms with Crippen molar-refractivity contribution in [3.05, 3.63) is 106 Å². The van der Waals surface area contributed by atoms with Crippen LogP contribution in [0.3, 0.4) is 0 Å². The van der Waals surface area contributed by atoms with Crippen molar-refractivity contribution in [2.75, 3.05) is 5.32 Å². The standard InChI is InChI=1S/C24H20ClN/c25-19-12-13-23-20(15-19)21(17-7-2-1-3-8-17)16-24(26-23)14-6-10-18-9-4-5-11-22(18)24/h1-5,7-9,11-13,15-16,26H,6,10,14H2/t24-/m0/s1. The van der Waals surface area contributed by atoms with Crippen LogP contribution in [0.25, 0.3) is 5.57 Å². The van der Waals surface area contributed by atoms with Crippen molar-refractivity contribution in [3.8, 4) is 0 Å². The molecule has 0 aromatic heterocycles. The largest absolute Gasteiger partial charge is 0.372 e. The Labute approximate surface area is 159 Å². The predicted octanol–water partition coefficient (Wildman–Crippen LogP) is 6.43. The van der Waals surface area contributed by atoms with Crippen molar-refractivity contribution in [2.24, 2.45) is 0 Å². The first-order valence-electron chi connectivity index (χ1n) is 9.20. The minimum absolute atomic E-state index is 0.152. The zero-order valence-corrected chi connectivity index (χ0v) is 15.3. The van der Waals surface area contributed by atoms with Crippen molar-refractivity contribution in [3.63, 3.8) is 0 Å². The van der Waals surface area contributed by atoms with Gasteiger partial charge in [0.15, 0.2) is 0 Å². The summed E-state index contributed by atoms with van der Waals surface area (Å²) in [5, 5.41) is 4.63. The van der Waals surface area contributed by atoms with Crippen molar-refractivity contribution in [1.82, 2.24) is 0 Å². The van der Waals surface area contributed by atoms with Crippen LogP contribution in [0.15, 0.2) is 78.9 Å². The molecular weight excluding hydrogens is 338 g/mol. The molecule has 0 saturated heterocycles. The van der Waals surface area contributed by atoms with Crippen LogP contribution in [0.4, 0.5) is 5.69 Å². The Morgan fingerprint density at radius 3 is 2.58 bits per heavy atom. The summed E-state index contributed by atoms with van der Waals surface area (Å²) >= 11 is 6.33. The number of fused-ring (bicyclic) bond motifs is 3. The quantitative estimate of drug-likeness (QED) is 0.529. The summed E-state index contributed by atoms with van der Waals surface area (Å²) in [7, 11) is 0. The fraction of sp³-hybridized carbons (Fsp3) is 0.167. The van der Waals surface area contributed by atoms with Crippen molar-refractivity contribution < 1.29 is 0 Å². The molecule has 2 heteroatoms. The number of hydrogen-bond donors (Lipinski definition) is 1. The van der Waals surface area contributed by atoms with E-state index >= 15 is 0 Å². The van der Waals surface area contributed by atoms with Crippen molar-refractivity contribution in [1.29, 1.82) is 0 Å². The van der Waals surface area contributed by atoms with Gasteiger partial charge in [0, 0.05) is 16.3 Å². The van der Waals surface area contributed by atoms with Crippen molar-refractivity contribution in [2.45, 2.75) is 24.8 Å². The van der Waals surface area contributed by atoms with Gasteiger partial charge in [0.05, 0.1) is 5.54 Å². The first kappa shape index (κ1) is 15.7. The van der Waals surface area contributed by atoms with E-state index in [9.17, 15) is 0 Å². The van der Waals surface area contributed by atoms with Crippen LogP contribution in [0.1, 0.15) is 35.1 Å². The molecular formula is C24H20ClN. The molecule has 0 radical (unpaired) electrons. The van der Waals surface area contributed by atoms with E-state index in [0.29, 0.717) is 0 Å². The van der Waals surface area contributed by atoms with Crippen molar-refractivity contribution >= 4 is 22.9 Å². The van der Waals surface area contributed by atoms with Gasteiger partial charge in [-0.05, 0) is 65.8 Å². The second-order valence-electron chi connectivity index (χ2n) is 7.22. The summed E-state index contributed by atoms with van der Waals surface area (Å²) in [4.78, 5) is 0. The summed E-state index contributed by atoms with van der Waals surface area (Å²) in [5.41, 5.74) is 7.54. The van der Waals surface area contributed by atoms with Gasteiger partial charge in [-0.15, -0.1) is 0 Å². The Morgan fingerprint density at radius 2 is 1.69 bits per heavy atom. The average molecular weight is 358 g/mol. The Morgan fingerprint density at radius 1 is 0.885 bits per heavy atom.